The van der Waals surface area contributed by atoms with E-state index in [-0.39, 0.29) is 16.8 Å². The fourth-order valence-electron chi connectivity index (χ4n) is 2.81. The molecule has 3 N–H and O–H groups in total. The Kier molecular flexibility index (Phi) is 5.11. The normalized spacial score (nSPS) is 12.7. The SMILES string of the molecule is Cc1cc(C)c(S(N)(=O)=O)cc1C(=O)NC(C)c1ccccc1C. The molecule has 0 saturated heterocycles. The first-order chi connectivity index (χ1) is 11.1. The van der Waals surface area contributed by atoms with E-state index in [0.29, 0.717) is 16.7 Å². The van der Waals surface area contributed by atoms with E-state index in [2.05, 4.69) is 5.32 Å². The van der Waals surface area contributed by atoms with Gasteiger partial charge in [-0.15, -0.1) is 0 Å². The van der Waals surface area contributed by atoms with Crippen LogP contribution < -0.4 is 10.5 Å². The number of carbonyl (C=O) groups is 1. The molecule has 0 spiro atoms. The maximum absolute atomic E-state index is 12.6. The van der Waals surface area contributed by atoms with Gasteiger partial charge < -0.3 is 5.32 Å². The van der Waals surface area contributed by atoms with Crippen molar-refractivity contribution in [3.63, 3.8) is 0 Å². The number of nitrogens with two attached hydrogens (primary N) is 1. The first-order valence-electron chi connectivity index (χ1n) is 7.61. The number of aryl methyl sites for hydroxylation is 3. The first-order valence-corrected chi connectivity index (χ1v) is 9.16. The average Bonchev–Trinajstić information content (AvgIpc) is 2.45. The van der Waals surface area contributed by atoms with E-state index in [0.717, 1.165) is 11.1 Å². The number of amides is 1. The zero-order chi connectivity index (χ0) is 18.1. The Morgan fingerprint density at radius 1 is 1.04 bits per heavy atom. The van der Waals surface area contributed by atoms with Crippen LogP contribution in [0.25, 0.3) is 0 Å². The molecule has 1 amide bonds. The molecule has 5 nitrogen and oxygen atoms in total. The molecule has 0 aliphatic heterocycles. The number of benzene rings is 2. The van der Waals surface area contributed by atoms with Crippen LogP contribution in [0.5, 0.6) is 0 Å². The highest BCUT2D eigenvalue weighted by Crippen LogP contribution is 2.22. The van der Waals surface area contributed by atoms with Crippen LogP contribution in [0.1, 0.15) is 45.6 Å². The summed E-state index contributed by atoms with van der Waals surface area (Å²) in [6.07, 6.45) is 0. The molecule has 0 radical (unpaired) electrons. The summed E-state index contributed by atoms with van der Waals surface area (Å²) < 4.78 is 23.3. The van der Waals surface area contributed by atoms with Crippen molar-refractivity contribution in [2.24, 2.45) is 5.14 Å². The predicted molar refractivity (Wildman–Crippen MR) is 94.3 cm³/mol. The topological polar surface area (TPSA) is 89.3 Å². The van der Waals surface area contributed by atoms with Crippen molar-refractivity contribution in [1.82, 2.24) is 5.32 Å². The van der Waals surface area contributed by atoms with E-state index in [1.165, 1.54) is 6.07 Å². The number of hydrogen-bond donors (Lipinski definition) is 2. The second kappa shape index (κ2) is 6.75. The fourth-order valence-corrected chi connectivity index (χ4v) is 3.60. The molecule has 0 fully saturated rings. The maximum Gasteiger partial charge on any atom is 0.252 e. The minimum absolute atomic E-state index is 0.0261. The molecular formula is C18H22N2O3S. The number of hydrogen-bond acceptors (Lipinski definition) is 3. The summed E-state index contributed by atoms with van der Waals surface area (Å²) in [5, 5.41) is 8.15. The molecule has 0 aromatic heterocycles. The number of rotatable bonds is 4. The van der Waals surface area contributed by atoms with Crippen molar-refractivity contribution in [2.75, 3.05) is 0 Å². The molecule has 0 heterocycles. The maximum atomic E-state index is 12.6. The van der Waals surface area contributed by atoms with Crippen LogP contribution >= 0.6 is 0 Å². The van der Waals surface area contributed by atoms with Crippen molar-refractivity contribution in [3.8, 4) is 0 Å². The summed E-state index contributed by atoms with van der Waals surface area (Å²) in [4.78, 5) is 12.6. The summed E-state index contributed by atoms with van der Waals surface area (Å²) >= 11 is 0. The number of primary sulfonamides is 1. The largest absolute Gasteiger partial charge is 0.345 e. The molecule has 128 valence electrons. The van der Waals surface area contributed by atoms with Crippen molar-refractivity contribution in [2.45, 2.75) is 38.6 Å². The Labute approximate surface area is 142 Å². The van der Waals surface area contributed by atoms with Crippen LogP contribution in [-0.4, -0.2) is 14.3 Å². The Morgan fingerprint density at radius 3 is 2.25 bits per heavy atom. The van der Waals surface area contributed by atoms with Crippen molar-refractivity contribution < 1.29 is 13.2 Å². The minimum atomic E-state index is -3.87. The Hall–Kier alpha value is -2.18. The lowest BCUT2D eigenvalue weighted by atomic mass is 10.0. The van der Waals surface area contributed by atoms with Crippen LogP contribution in [0.15, 0.2) is 41.3 Å². The van der Waals surface area contributed by atoms with Gasteiger partial charge in [-0.3, -0.25) is 4.79 Å². The molecule has 24 heavy (non-hydrogen) atoms. The van der Waals surface area contributed by atoms with E-state index in [1.54, 1.807) is 19.9 Å². The third kappa shape index (κ3) is 3.83. The number of carbonyl (C=O) groups excluding carboxylic acids is 1. The molecule has 0 bridgehead atoms. The van der Waals surface area contributed by atoms with Crippen molar-refractivity contribution >= 4 is 15.9 Å². The van der Waals surface area contributed by atoms with Gasteiger partial charge in [0.05, 0.1) is 10.9 Å². The van der Waals surface area contributed by atoms with E-state index in [9.17, 15) is 13.2 Å². The summed E-state index contributed by atoms with van der Waals surface area (Å²) in [5.41, 5.74) is 3.64. The fraction of sp³-hybridized carbons (Fsp3) is 0.278. The van der Waals surface area contributed by atoms with Crippen LogP contribution in [-0.2, 0) is 10.0 Å². The number of sulfonamides is 1. The van der Waals surface area contributed by atoms with E-state index < -0.39 is 10.0 Å². The van der Waals surface area contributed by atoms with Crippen molar-refractivity contribution in [3.05, 3.63) is 64.2 Å². The van der Waals surface area contributed by atoms with Gasteiger partial charge >= 0.3 is 0 Å². The Bertz CT molecular complexity index is 889. The van der Waals surface area contributed by atoms with Gasteiger partial charge in [0.25, 0.3) is 5.91 Å². The summed E-state index contributed by atoms with van der Waals surface area (Å²) in [5.74, 6) is -0.326. The quantitative estimate of drug-likeness (QED) is 0.892. The highest BCUT2D eigenvalue weighted by molar-refractivity contribution is 7.89. The minimum Gasteiger partial charge on any atom is -0.345 e. The molecule has 2 rings (SSSR count). The van der Waals surface area contributed by atoms with Gasteiger partial charge in [-0.25, -0.2) is 13.6 Å². The van der Waals surface area contributed by atoms with Crippen molar-refractivity contribution in [1.29, 1.82) is 0 Å². The third-order valence-electron chi connectivity index (χ3n) is 4.08. The van der Waals surface area contributed by atoms with Gasteiger partial charge in [-0.05, 0) is 56.0 Å². The van der Waals surface area contributed by atoms with Crippen LogP contribution in [0.2, 0.25) is 0 Å². The van der Waals surface area contributed by atoms with E-state index in [4.69, 9.17) is 5.14 Å². The van der Waals surface area contributed by atoms with Gasteiger partial charge in [0.1, 0.15) is 0 Å². The average molecular weight is 346 g/mol. The van der Waals surface area contributed by atoms with Gasteiger partial charge in [-0.1, -0.05) is 30.3 Å². The van der Waals surface area contributed by atoms with Gasteiger partial charge in [0.2, 0.25) is 10.0 Å². The van der Waals surface area contributed by atoms with E-state index >= 15 is 0 Å². The summed E-state index contributed by atoms with van der Waals surface area (Å²) in [6, 6.07) is 10.6. The predicted octanol–water partition coefficient (Wildman–Crippen LogP) is 2.75. The highest BCUT2D eigenvalue weighted by Gasteiger charge is 2.19. The molecule has 1 unspecified atom stereocenters. The molecule has 2 aromatic rings. The van der Waals surface area contributed by atoms with Crippen LogP contribution in [0.3, 0.4) is 0 Å². The number of nitrogens with one attached hydrogen (secondary N) is 1. The molecule has 0 aliphatic rings. The van der Waals surface area contributed by atoms with Gasteiger partial charge in [0.15, 0.2) is 0 Å². The molecule has 0 aliphatic carbocycles. The molecule has 6 heteroatoms. The zero-order valence-corrected chi connectivity index (χ0v) is 15.1. The smallest absolute Gasteiger partial charge is 0.252 e. The summed E-state index contributed by atoms with van der Waals surface area (Å²) in [7, 11) is -3.87. The molecule has 1 atom stereocenters. The molecular weight excluding hydrogens is 324 g/mol. The Morgan fingerprint density at radius 2 is 1.67 bits per heavy atom. The summed E-state index contributed by atoms with van der Waals surface area (Å²) in [6.45, 7) is 7.30. The lowest BCUT2D eigenvalue weighted by Crippen LogP contribution is -2.28. The first kappa shape index (κ1) is 18.2. The van der Waals surface area contributed by atoms with Crippen LogP contribution in [0.4, 0.5) is 0 Å². The monoisotopic (exact) mass is 346 g/mol. The standard InChI is InChI=1S/C18H22N2O3S/c1-11-7-5-6-8-15(11)14(4)20-18(21)16-10-17(24(19,22)23)13(3)9-12(16)2/h5-10,14H,1-4H3,(H,20,21)(H2,19,22,23). The highest BCUT2D eigenvalue weighted by atomic mass is 32.2. The molecule has 0 saturated carbocycles. The Balaban J connectivity index is 2.35. The molecule has 2 aromatic carbocycles. The second-order valence-corrected chi connectivity index (χ2v) is 7.56. The van der Waals surface area contributed by atoms with Crippen LogP contribution in [0, 0.1) is 20.8 Å². The van der Waals surface area contributed by atoms with Gasteiger partial charge in [-0.2, -0.15) is 0 Å². The lowest BCUT2D eigenvalue weighted by Gasteiger charge is -2.18. The van der Waals surface area contributed by atoms with E-state index in [1.807, 2.05) is 38.1 Å². The lowest BCUT2D eigenvalue weighted by molar-refractivity contribution is 0.0939. The van der Waals surface area contributed by atoms with Gasteiger partial charge in [0, 0.05) is 5.56 Å². The third-order valence-corrected chi connectivity index (χ3v) is 5.13. The second-order valence-electron chi connectivity index (χ2n) is 6.03. The zero-order valence-electron chi connectivity index (χ0n) is 14.3.